The third-order valence-electron chi connectivity index (χ3n) is 2.96. The lowest BCUT2D eigenvalue weighted by Gasteiger charge is -2.23. The standard InChI is InChI=1S/C13H18ClNO3S/c1-10(15(2)7-8-19(3,17)18)13(16)11-5-4-6-12(14)9-11/h4-6,9-10H,7-8H2,1-3H3. The van der Waals surface area contributed by atoms with E-state index in [1.165, 1.54) is 6.26 Å². The van der Waals surface area contributed by atoms with Gasteiger partial charge in [0.05, 0.1) is 11.8 Å². The second-order valence-corrected chi connectivity index (χ2v) is 7.36. The SMILES string of the molecule is CC(C(=O)c1cccc(Cl)c1)N(C)CCS(C)(=O)=O. The van der Waals surface area contributed by atoms with Gasteiger partial charge in [0, 0.05) is 23.4 Å². The number of carbonyl (C=O) groups excluding carboxylic acids is 1. The van der Waals surface area contributed by atoms with Gasteiger partial charge in [-0.15, -0.1) is 0 Å². The van der Waals surface area contributed by atoms with Crippen LogP contribution in [0.3, 0.4) is 0 Å². The number of nitrogens with zero attached hydrogens (tertiary/aromatic N) is 1. The molecule has 1 aromatic rings. The highest BCUT2D eigenvalue weighted by atomic mass is 35.5. The highest BCUT2D eigenvalue weighted by molar-refractivity contribution is 7.90. The predicted molar refractivity (Wildman–Crippen MR) is 77.6 cm³/mol. The number of ketones is 1. The predicted octanol–water partition coefficient (Wildman–Crippen LogP) is 1.89. The number of carbonyl (C=O) groups is 1. The Labute approximate surface area is 119 Å². The number of hydrogen-bond donors (Lipinski definition) is 0. The average Bonchev–Trinajstić information content (AvgIpc) is 2.33. The number of benzene rings is 1. The minimum atomic E-state index is -3.02. The second kappa shape index (κ2) is 6.50. The summed E-state index contributed by atoms with van der Waals surface area (Å²) >= 11 is 5.85. The molecule has 0 aliphatic rings. The summed E-state index contributed by atoms with van der Waals surface area (Å²) in [6.45, 7) is 2.08. The summed E-state index contributed by atoms with van der Waals surface area (Å²) < 4.78 is 22.2. The number of Topliss-reactive ketones (excluding diaryl/α,β-unsaturated/α-hetero) is 1. The van der Waals surface area contributed by atoms with Crippen molar-refractivity contribution in [2.75, 3.05) is 25.6 Å². The maximum atomic E-state index is 12.2. The van der Waals surface area contributed by atoms with E-state index in [1.54, 1.807) is 43.1 Å². The van der Waals surface area contributed by atoms with Crippen LogP contribution < -0.4 is 0 Å². The van der Waals surface area contributed by atoms with Crippen molar-refractivity contribution < 1.29 is 13.2 Å². The van der Waals surface area contributed by atoms with Gasteiger partial charge in [-0.2, -0.15) is 0 Å². The minimum absolute atomic E-state index is 0.0384. The van der Waals surface area contributed by atoms with Crippen LogP contribution in [0.4, 0.5) is 0 Å². The lowest BCUT2D eigenvalue weighted by Crippen LogP contribution is -2.38. The number of sulfone groups is 1. The third-order valence-corrected chi connectivity index (χ3v) is 4.12. The van der Waals surface area contributed by atoms with Crippen molar-refractivity contribution in [2.45, 2.75) is 13.0 Å². The summed E-state index contributed by atoms with van der Waals surface area (Å²) in [5.41, 5.74) is 0.534. The first-order valence-electron chi connectivity index (χ1n) is 5.88. The van der Waals surface area contributed by atoms with Crippen molar-refractivity contribution in [1.29, 1.82) is 0 Å². The molecule has 1 atom stereocenters. The molecular weight excluding hydrogens is 286 g/mol. The average molecular weight is 304 g/mol. The van der Waals surface area contributed by atoms with Gasteiger partial charge in [0.1, 0.15) is 9.84 Å². The van der Waals surface area contributed by atoms with Crippen LogP contribution in [0.1, 0.15) is 17.3 Å². The number of likely N-dealkylation sites (N-methyl/N-ethyl adjacent to an activating group) is 1. The lowest BCUT2D eigenvalue weighted by molar-refractivity contribution is 0.0874. The zero-order valence-corrected chi connectivity index (χ0v) is 12.8. The van der Waals surface area contributed by atoms with Gasteiger partial charge in [-0.1, -0.05) is 23.7 Å². The van der Waals surface area contributed by atoms with Crippen molar-refractivity contribution in [3.05, 3.63) is 34.9 Å². The Balaban J connectivity index is 2.71. The van der Waals surface area contributed by atoms with Gasteiger partial charge in [0.2, 0.25) is 0 Å². The van der Waals surface area contributed by atoms with Crippen LogP contribution >= 0.6 is 11.6 Å². The normalized spacial score (nSPS) is 13.5. The Hall–Kier alpha value is -0.910. The number of hydrogen-bond acceptors (Lipinski definition) is 4. The number of halogens is 1. The van der Waals surface area contributed by atoms with E-state index in [1.807, 2.05) is 0 Å². The first-order chi connectivity index (χ1) is 8.70. The Morgan fingerprint density at radius 2 is 2.05 bits per heavy atom. The molecule has 0 amide bonds. The third kappa shape index (κ3) is 5.30. The summed E-state index contributed by atoms with van der Waals surface area (Å²) in [7, 11) is -1.29. The second-order valence-electron chi connectivity index (χ2n) is 4.66. The molecule has 0 N–H and O–H groups in total. The molecule has 0 saturated heterocycles. The van der Waals surface area contributed by atoms with Crippen molar-refractivity contribution in [3.8, 4) is 0 Å². The molecule has 4 nitrogen and oxygen atoms in total. The minimum Gasteiger partial charge on any atom is -0.296 e. The molecule has 1 unspecified atom stereocenters. The molecule has 0 heterocycles. The van der Waals surface area contributed by atoms with Crippen LogP contribution in [0.15, 0.2) is 24.3 Å². The van der Waals surface area contributed by atoms with Gasteiger partial charge in [0.15, 0.2) is 5.78 Å². The van der Waals surface area contributed by atoms with Crippen molar-refractivity contribution in [2.24, 2.45) is 0 Å². The maximum absolute atomic E-state index is 12.2. The molecule has 106 valence electrons. The molecule has 0 aliphatic heterocycles. The highest BCUT2D eigenvalue weighted by Gasteiger charge is 2.20. The lowest BCUT2D eigenvalue weighted by atomic mass is 10.0. The Morgan fingerprint density at radius 1 is 1.42 bits per heavy atom. The summed E-state index contributed by atoms with van der Waals surface area (Å²) in [6, 6.07) is 6.36. The monoisotopic (exact) mass is 303 g/mol. The molecule has 0 saturated carbocycles. The van der Waals surface area contributed by atoms with E-state index < -0.39 is 9.84 Å². The van der Waals surface area contributed by atoms with Gasteiger partial charge in [-0.3, -0.25) is 9.69 Å². The quantitative estimate of drug-likeness (QED) is 0.753. The van der Waals surface area contributed by atoms with E-state index in [0.29, 0.717) is 17.1 Å². The van der Waals surface area contributed by atoms with Gasteiger partial charge in [-0.05, 0) is 26.1 Å². The zero-order chi connectivity index (χ0) is 14.6. The molecule has 19 heavy (non-hydrogen) atoms. The molecule has 0 aliphatic carbocycles. The molecular formula is C13H18ClNO3S. The van der Waals surface area contributed by atoms with E-state index >= 15 is 0 Å². The Bertz CT molecular complexity index is 557. The Kier molecular flexibility index (Phi) is 5.52. The van der Waals surface area contributed by atoms with Gasteiger partial charge in [0.25, 0.3) is 0 Å². The molecule has 1 aromatic carbocycles. The summed E-state index contributed by atoms with van der Waals surface area (Å²) in [6.07, 6.45) is 1.18. The van der Waals surface area contributed by atoms with Crippen molar-refractivity contribution in [1.82, 2.24) is 4.90 Å². The van der Waals surface area contributed by atoms with E-state index in [4.69, 9.17) is 11.6 Å². The zero-order valence-electron chi connectivity index (χ0n) is 11.3. The Morgan fingerprint density at radius 3 is 2.58 bits per heavy atom. The van der Waals surface area contributed by atoms with Crippen LogP contribution in [0, 0.1) is 0 Å². The van der Waals surface area contributed by atoms with E-state index in [0.717, 1.165) is 0 Å². The number of rotatable bonds is 6. The fourth-order valence-electron chi connectivity index (χ4n) is 1.59. The van der Waals surface area contributed by atoms with Crippen LogP contribution in [0.25, 0.3) is 0 Å². The molecule has 0 bridgehead atoms. The topological polar surface area (TPSA) is 54.5 Å². The molecule has 1 rings (SSSR count). The fraction of sp³-hybridized carbons (Fsp3) is 0.462. The van der Waals surface area contributed by atoms with Crippen molar-refractivity contribution >= 4 is 27.2 Å². The smallest absolute Gasteiger partial charge is 0.179 e. The van der Waals surface area contributed by atoms with E-state index in [9.17, 15) is 13.2 Å². The molecule has 0 spiro atoms. The van der Waals surface area contributed by atoms with Crippen LogP contribution in [0.5, 0.6) is 0 Å². The van der Waals surface area contributed by atoms with E-state index in [-0.39, 0.29) is 17.6 Å². The van der Waals surface area contributed by atoms with Gasteiger partial charge >= 0.3 is 0 Å². The highest BCUT2D eigenvalue weighted by Crippen LogP contribution is 2.14. The summed E-state index contributed by atoms with van der Waals surface area (Å²) in [5, 5.41) is 0.511. The molecule has 0 fully saturated rings. The summed E-state index contributed by atoms with van der Waals surface area (Å²) in [4.78, 5) is 13.9. The van der Waals surface area contributed by atoms with Gasteiger partial charge in [-0.25, -0.2) is 8.42 Å². The largest absolute Gasteiger partial charge is 0.296 e. The maximum Gasteiger partial charge on any atom is 0.179 e. The first-order valence-corrected chi connectivity index (χ1v) is 8.32. The van der Waals surface area contributed by atoms with Crippen LogP contribution in [-0.2, 0) is 9.84 Å². The van der Waals surface area contributed by atoms with Gasteiger partial charge < -0.3 is 0 Å². The molecule has 0 radical (unpaired) electrons. The van der Waals surface area contributed by atoms with Crippen molar-refractivity contribution in [3.63, 3.8) is 0 Å². The van der Waals surface area contributed by atoms with Crippen LogP contribution in [0.2, 0.25) is 5.02 Å². The van der Waals surface area contributed by atoms with Crippen LogP contribution in [-0.4, -0.2) is 50.7 Å². The molecule has 0 aromatic heterocycles. The molecule has 6 heteroatoms. The van der Waals surface area contributed by atoms with E-state index in [2.05, 4.69) is 0 Å². The first kappa shape index (κ1) is 16.1. The summed E-state index contributed by atoms with van der Waals surface area (Å²) in [5.74, 6) is -0.0325. The fourth-order valence-corrected chi connectivity index (χ4v) is 2.40.